The van der Waals surface area contributed by atoms with Crippen LogP contribution in [-0.4, -0.2) is 42.9 Å². The maximum absolute atomic E-state index is 9.91. The first kappa shape index (κ1) is 14.9. The largest absolute Gasteiger partial charge is 0.502 e. The number of aliphatic hydroxyl groups excluding tert-OH is 1. The highest BCUT2D eigenvalue weighted by atomic mass is 16.8. The van der Waals surface area contributed by atoms with Gasteiger partial charge in [0.05, 0.1) is 20.8 Å². The molecule has 0 bridgehead atoms. The highest BCUT2D eigenvalue weighted by Gasteiger charge is 2.42. The van der Waals surface area contributed by atoms with Gasteiger partial charge in [-0.3, -0.25) is 0 Å². The number of phenols is 1. The van der Waals surface area contributed by atoms with Crippen LogP contribution in [0.3, 0.4) is 0 Å². The number of aromatic hydroxyl groups is 1. The van der Waals surface area contributed by atoms with Crippen LogP contribution in [0.2, 0.25) is 0 Å². The Balaban J connectivity index is 2.41. The number of ether oxygens (including phenoxy) is 4. The monoisotopic (exact) mass is 284 g/mol. The minimum Gasteiger partial charge on any atom is -0.502 e. The highest BCUT2D eigenvalue weighted by molar-refractivity contribution is 5.53. The van der Waals surface area contributed by atoms with Gasteiger partial charge in [0.15, 0.2) is 17.3 Å². The van der Waals surface area contributed by atoms with Gasteiger partial charge < -0.3 is 29.2 Å². The van der Waals surface area contributed by atoms with Crippen LogP contribution in [-0.2, 0) is 9.47 Å². The molecular weight excluding hydrogens is 264 g/mol. The lowest BCUT2D eigenvalue weighted by Crippen LogP contribution is -2.23. The van der Waals surface area contributed by atoms with E-state index in [1.807, 2.05) is 0 Å². The summed E-state index contributed by atoms with van der Waals surface area (Å²) in [4.78, 5) is 0. The van der Waals surface area contributed by atoms with E-state index in [2.05, 4.69) is 0 Å². The van der Waals surface area contributed by atoms with Crippen molar-refractivity contribution in [3.05, 3.63) is 17.7 Å². The average molecular weight is 284 g/mol. The number of aliphatic hydroxyl groups is 1. The lowest BCUT2D eigenvalue weighted by Gasteiger charge is -2.18. The molecule has 0 saturated carbocycles. The van der Waals surface area contributed by atoms with Gasteiger partial charge in [0, 0.05) is 0 Å². The molecule has 6 heteroatoms. The van der Waals surface area contributed by atoms with E-state index in [1.165, 1.54) is 14.2 Å². The molecule has 2 rings (SSSR count). The topological polar surface area (TPSA) is 77.4 Å². The fraction of sp³-hybridized carbons (Fsp3) is 0.571. The van der Waals surface area contributed by atoms with Gasteiger partial charge in [-0.15, -0.1) is 0 Å². The second-order valence-corrected chi connectivity index (χ2v) is 5.05. The van der Waals surface area contributed by atoms with Crippen molar-refractivity contribution in [3.8, 4) is 17.2 Å². The molecule has 0 amide bonds. The average Bonchev–Trinajstić information content (AvgIpc) is 2.74. The van der Waals surface area contributed by atoms with E-state index in [9.17, 15) is 10.2 Å². The fourth-order valence-electron chi connectivity index (χ4n) is 2.33. The van der Waals surface area contributed by atoms with Crippen LogP contribution < -0.4 is 9.47 Å². The van der Waals surface area contributed by atoms with Crippen molar-refractivity contribution in [3.63, 3.8) is 0 Å². The van der Waals surface area contributed by atoms with E-state index in [0.29, 0.717) is 5.56 Å². The lowest BCUT2D eigenvalue weighted by molar-refractivity contribution is -0.149. The number of hydrogen-bond donors (Lipinski definition) is 2. The Morgan fingerprint density at radius 3 is 2.15 bits per heavy atom. The first-order valence-electron chi connectivity index (χ1n) is 6.33. The van der Waals surface area contributed by atoms with Gasteiger partial charge in [0.2, 0.25) is 5.75 Å². The molecule has 1 heterocycles. The van der Waals surface area contributed by atoms with E-state index in [0.717, 1.165) is 0 Å². The number of methoxy groups -OCH3 is 2. The van der Waals surface area contributed by atoms with Crippen molar-refractivity contribution in [1.82, 2.24) is 0 Å². The third kappa shape index (κ3) is 2.67. The molecule has 0 aromatic heterocycles. The molecule has 0 radical (unpaired) electrons. The standard InChI is InChI=1S/C14H20O6/c1-14(2)19-11(7-15)13(20-14)8-5-9(17-3)12(16)10(6-8)18-4/h5-6,11,13,15-16H,7H2,1-4H3/t11-,13+/m0/s1. The number of hydrogen-bond acceptors (Lipinski definition) is 6. The van der Waals surface area contributed by atoms with E-state index < -0.39 is 18.0 Å². The Morgan fingerprint density at radius 1 is 1.15 bits per heavy atom. The molecule has 112 valence electrons. The predicted molar refractivity (Wildman–Crippen MR) is 71.1 cm³/mol. The second kappa shape index (κ2) is 5.47. The Morgan fingerprint density at radius 2 is 1.70 bits per heavy atom. The van der Waals surface area contributed by atoms with E-state index >= 15 is 0 Å². The lowest BCUT2D eigenvalue weighted by atomic mass is 10.0. The second-order valence-electron chi connectivity index (χ2n) is 5.05. The molecular formula is C14H20O6. The molecule has 1 aliphatic rings. The molecule has 2 N–H and O–H groups in total. The SMILES string of the molecule is COc1cc([C@H]2OC(C)(C)O[C@H]2CO)cc(OC)c1O. The fourth-order valence-corrected chi connectivity index (χ4v) is 2.33. The maximum Gasteiger partial charge on any atom is 0.200 e. The Bertz CT molecular complexity index is 460. The first-order valence-corrected chi connectivity index (χ1v) is 6.33. The summed E-state index contributed by atoms with van der Waals surface area (Å²) in [5, 5.41) is 19.3. The van der Waals surface area contributed by atoms with Crippen LogP contribution in [0, 0.1) is 0 Å². The van der Waals surface area contributed by atoms with Gasteiger partial charge in [0.1, 0.15) is 12.2 Å². The minimum absolute atomic E-state index is 0.0718. The molecule has 0 aliphatic carbocycles. The maximum atomic E-state index is 9.91. The molecule has 6 nitrogen and oxygen atoms in total. The summed E-state index contributed by atoms with van der Waals surface area (Å²) in [7, 11) is 2.91. The third-order valence-corrected chi connectivity index (χ3v) is 3.19. The van der Waals surface area contributed by atoms with Crippen LogP contribution in [0.4, 0.5) is 0 Å². The quantitative estimate of drug-likeness (QED) is 0.874. The molecule has 1 saturated heterocycles. The van der Waals surface area contributed by atoms with Crippen molar-refractivity contribution >= 4 is 0 Å². The van der Waals surface area contributed by atoms with Gasteiger partial charge in [-0.2, -0.15) is 0 Å². The van der Waals surface area contributed by atoms with Crippen LogP contribution in [0.25, 0.3) is 0 Å². The van der Waals surface area contributed by atoms with Crippen molar-refractivity contribution in [2.75, 3.05) is 20.8 Å². The summed E-state index contributed by atoms with van der Waals surface area (Å²) >= 11 is 0. The van der Waals surface area contributed by atoms with Crippen molar-refractivity contribution in [2.24, 2.45) is 0 Å². The Labute approximate surface area is 117 Å². The summed E-state index contributed by atoms with van der Waals surface area (Å²) in [6.07, 6.45) is -0.942. The van der Waals surface area contributed by atoms with E-state index in [-0.39, 0.29) is 23.9 Å². The third-order valence-electron chi connectivity index (χ3n) is 3.19. The Hall–Kier alpha value is -1.50. The zero-order chi connectivity index (χ0) is 14.9. The van der Waals surface area contributed by atoms with Crippen LogP contribution >= 0.6 is 0 Å². The summed E-state index contributed by atoms with van der Waals surface area (Å²) < 4.78 is 21.7. The van der Waals surface area contributed by atoms with Crippen molar-refractivity contribution in [1.29, 1.82) is 0 Å². The number of rotatable bonds is 4. The molecule has 0 unspecified atom stereocenters. The summed E-state index contributed by atoms with van der Waals surface area (Å²) in [6.45, 7) is 3.40. The van der Waals surface area contributed by atoms with Gasteiger partial charge in [-0.05, 0) is 31.5 Å². The van der Waals surface area contributed by atoms with E-state index in [1.54, 1.807) is 26.0 Å². The Kier molecular flexibility index (Phi) is 4.08. The molecule has 0 spiro atoms. The molecule has 2 atom stereocenters. The van der Waals surface area contributed by atoms with Gasteiger partial charge >= 0.3 is 0 Å². The van der Waals surface area contributed by atoms with Gasteiger partial charge in [-0.25, -0.2) is 0 Å². The summed E-state index contributed by atoms with van der Waals surface area (Å²) in [5.74, 6) is -0.290. The smallest absolute Gasteiger partial charge is 0.200 e. The molecule has 20 heavy (non-hydrogen) atoms. The number of benzene rings is 1. The van der Waals surface area contributed by atoms with Gasteiger partial charge in [0.25, 0.3) is 0 Å². The zero-order valence-corrected chi connectivity index (χ0v) is 12.0. The number of phenolic OH excluding ortho intramolecular Hbond substituents is 1. The zero-order valence-electron chi connectivity index (χ0n) is 12.0. The summed E-state index contributed by atoms with van der Waals surface area (Å²) in [6, 6.07) is 3.30. The predicted octanol–water partition coefficient (Wildman–Crippen LogP) is 1.59. The van der Waals surface area contributed by atoms with Gasteiger partial charge in [-0.1, -0.05) is 0 Å². The minimum atomic E-state index is -0.781. The van der Waals surface area contributed by atoms with Crippen molar-refractivity contribution in [2.45, 2.75) is 31.8 Å². The normalized spacial score (nSPS) is 24.6. The van der Waals surface area contributed by atoms with Crippen LogP contribution in [0.1, 0.15) is 25.5 Å². The highest BCUT2D eigenvalue weighted by Crippen LogP contribution is 2.44. The first-order chi connectivity index (χ1) is 9.41. The molecule has 1 aromatic rings. The molecule has 1 fully saturated rings. The summed E-state index contributed by atoms with van der Waals surface area (Å²) in [5.41, 5.74) is 0.709. The molecule has 1 aliphatic heterocycles. The van der Waals surface area contributed by atoms with E-state index in [4.69, 9.17) is 18.9 Å². The van der Waals surface area contributed by atoms with Crippen LogP contribution in [0.15, 0.2) is 12.1 Å². The molecule has 1 aromatic carbocycles. The van der Waals surface area contributed by atoms with Crippen LogP contribution in [0.5, 0.6) is 17.2 Å². The van der Waals surface area contributed by atoms with Crippen molar-refractivity contribution < 1.29 is 29.2 Å².